The highest BCUT2D eigenvalue weighted by atomic mass is 32.1. The molecule has 2 rings (SSSR count). The van der Waals surface area contributed by atoms with Gasteiger partial charge >= 0.3 is 0 Å². The first-order valence-corrected chi connectivity index (χ1v) is 6.40. The van der Waals surface area contributed by atoms with Crippen molar-refractivity contribution in [3.8, 4) is 0 Å². The number of aromatic nitrogens is 2. The number of hydrazine groups is 1. The van der Waals surface area contributed by atoms with E-state index >= 15 is 0 Å². The minimum absolute atomic E-state index is 0.0782. The topological polar surface area (TPSA) is 63.8 Å². The molecule has 5 heteroatoms. The SMILES string of the molecule is CCCc1cccc(C(NN)c2cnsn2)c1. The van der Waals surface area contributed by atoms with Crippen LogP contribution in [0.3, 0.4) is 0 Å². The zero-order chi connectivity index (χ0) is 12.1. The quantitative estimate of drug-likeness (QED) is 0.628. The molecule has 1 aromatic heterocycles. The Morgan fingerprint density at radius 3 is 3.00 bits per heavy atom. The molecule has 2 aromatic rings. The Labute approximate surface area is 105 Å². The molecule has 3 N–H and O–H groups in total. The normalized spacial score (nSPS) is 12.6. The predicted octanol–water partition coefficient (Wildman–Crippen LogP) is 2.04. The van der Waals surface area contributed by atoms with Crippen LogP contribution < -0.4 is 11.3 Å². The number of aryl methyl sites for hydroxylation is 1. The molecule has 90 valence electrons. The van der Waals surface area contributed by atoms with Crippen LogP contribution in [0.5, 0.6) is 0 Å². The summed E-state index contributed by atoms with van der Waals surface area (Å²) in [6.07, 6.45) is 3.98. The van der Waals surface area contributed by atoms with E-state index in [-0.39, 0.29) is 6.04 Å². The summed E-state index contributed by atoms with van der Waals surface area (Å²) >= 11 is 1.20. The van der Waals surface area contributed by atoms with Gasteiger partial charge in [0.1, 0.15) is 0 Å². The molecule has 0 spiro atoms. The summed E-state index contributed by atoms with van der Waals surface area (Å²) in [5, 5.41) is 0. The minimum Gasteiger partial charge on any atom is -0.271 e. The maximum Gasteiger partial charge on any atom is 0.0970 e. The molecule has 0 amide bonds. The van der Waals surface area contributed by atoms with Crippen LogP contribution >= 0.6 is 11.7 Å². The number of nitrogens with zero attached hydrogens (tertiary/aromatic N) is 2. The number of nitrogens with one attached hydrogen (secondary N) is 1. The van der Waals surface area contributed by atoms with Crippen LogP contribution in [0.1, 0.15) is 36.2 Å². The lowest BCUT2D eigenvalue weighted by Crippen LogP contribution is -2.29. The van der Waals surface area contributed by atoms with Crippen molar-refractivity contribution in [3.05, 3.63) is 47.3 Å². The van der Waals surface area contributed by atoms with E-state index in [0.29, 0.717) is 0 Å². The van der Waals surface area contributed by atoms with Gasteiger partial charge in [-0.3, -0.25) is 5.84 Å². The van der Waals surface area contributed by atoms with Crippen molar-refractivity contribution in [1.82, 2.24) is 14.2 Å². The smallest absolute Gasteiger partial charge is 0.0970 e. The fourth-order valence-corrected chi connectivity index (χ4v) is 2.32. The Hall–Kier alpha value is -1.30. The summed E-state index contributed by atoms with van der Waals surface area (Å²) in [5.74, 6) is 5.61. The third-order valence-corrected chi connectivity index (χ3v) is 3.16. The maximum absolute atomic E-state index is 5.61. The van der Waals surface area contributed by atoms with Crippen molar-refractivity contribution >= 4 is 11.7 Å². The average Bonchev–Trinajstić information content (AvgIpc) is 2.85. The van der Waals surface area contributed by atoms with Crippen LogP contribution in [0.2, 0.25) is 0 Å². The Morgan fingerprint density at radius 1 is 1.47 bits per heavy atom. The van der Waals surface area contributed by atoms with E-state index in [1.54, 1.807) is 6.20 Å². The molecule has 1 heterocycles. The number of benzene rings is 1. The van der Waals surface area contributed by atoms with Crippen molar-refractivity contribution in [2.75, 3.05) is 0 Å². The second-order valence-corrected chi connectivity index (χ2v) is 4.48. The highest BCUT2D eigenvalue weighted by Crippen LogP contribution is 2.21. The van der Waals surface area contributed by atoms with Crippen LogP contribution in [-0.2, 0) is 6.42 Å². The summed E-state index contributed by atoms with van der Waals surface area (Å²) in [6.45, 7) is 2.18. The highest BCUT2D eigenvalue weighted by molar-refractivity contribution is 6.99. The summed E-state index contributed by atoms with van der Waals surface area (Å²) in [7, 11) is 0. The van der Waals surface area contributed by atoms with Crippen LogP contribution in [0.4, 0.5) is 0 Å². The lowest BCUT2D eigenvalue weighted by molar-refractivity contribution is 0.624. The summed E-state index contributed by atoms with van der Waals surface area (Å²) in [5.41, 5.74) is 6.12. The van der Waals surface area contributed by atoms with E-state index in [1.807, 2.05) is 0 Å². The number of hydrogen-bond acceptors (Lipinski definition) is 5. The molecule has 0 aliphatic carbocycles. The van der Waals surface area contributed by atoms with Gasteiger partial charge in [0.05, 0.1) is 29.7 Å². The third kappa shape index (κ3) is 2.88. The van der Waals surface area contributed by atoms with Crippen molar-refractivity contribution < 1.29 is 0 Å². The van der Waals surface area contributed by atoms with E-state index in [2.05, 4.69) is 45.4 Å². The van der Waals surface area contributed by atoms with Gasteiger partial charge in [-0.05, 0) is 17.5 Å². The Kier molecular flexibility index (Phi) is 4.19. The zero-order valence-electron chi connectivity index (χ0n) is 9.76. The average molecular weight is 248 g/mol. The molecule has 0 radical (unpaired) electrons. The molecule has 0 aliphatic rings. The Bertz CT molecular complexity index is 455. The molecule has 1 atom stereocenters. The lowest BCUT2D eigenvalue weighted by atomic mass is 10.0. The molecule has 1 unspecified atom stereocenters. The van der Waals surface area contributed by atoms with E-state index < -0.39 is 0 Å². The third-order valence-electron chi connectivity index (χ3n) is 2.66. The van der Waals surface area contributed by atoms with E-state index in [4.69, 9.17) is 5.84 Å². The molecule has 0 aliphatic heterocycles. The van der Waals surface area contributed by atoms with Gasteiger partial charge in [0.2, 0.25) is 0 Å². The second-order valence-electron chi connectivity index (χ2n) is 3.93. The standard InChI is InChI=1S/C12H16N4S/c1-2-4-9-5-3-6-10(7-9)12(15-13)11-8-14-17-16-11/h3,5-8,12,15H,2,4,13H2,1H3. The minimum atomic E-state index is -0.0782. The van der Waals surface area contributed by atoms with Gasteiger partial charge in [-0.25, -0.2) is 5.43 Å². The first-order chi connectivity index (χ1) is 8.35. The van der Waals surface area contributed by atoms with Gasteiger partial charge in [0.25, 0.3) is 0 Å². The molecule has 0 fully saturated rings. The molecular weight excluding hydrogens is 232 g/mol. The molecule has 1 aromatic carbocycles. The van der Waals surface area contributed by atoms with Gasteiger partial charge in [0, 0.05) is 0 Å². The number of nitrogens with two attached hydrogens (primary N) is 1. The Morgan fingerprint density at radius 2 is 2.35 bits per heavy atom. The molecule has 17 heavy (non-hydrogen) atoms. The van der Waals surface area contributed by atoms with Crippen molar-refractivity contribution in [3.63, 3.8) is 0 Å². The summed E-state index contributed by atoms with van der Waals surface area (Å²) in [4.78, 5) is 0. The summed E-state index contributed by atoms with van der Waals surface area (Å²) in [6, 6.07) is 8.35. The first-order valence-electron chi connectivity index (χ1n) is 5.67. The van der Waals surface area contributed by atoms with Gasteiger partial charge in [0.15, 0.2) is 0 Å². The van der Waals surface area contributed by atoms with E-state index in [0.717, 1.165) is 24.1 Å². The summed E-state index contributed by atoms with van der Waals surface area (Å²) < 4.78 is 8.24. The number of hydrogen-bond donors (Lipinski definition) is 2. The van der Waals surface area contributed by atoms with Crippen molar-refractivity contribution in [2.45, 2.75) is 25.8 Å². The van der Waals surface area contributed by atoms with Crippen molar-refractivity contribution in [1.29, 1.82) is 0 Å². The monoisotopic (exact) mass is 248 g/mol. The number of rotatable bonds is 5. The van der Waals surface area contributed by atoms with E-state index in [9.17, 15) is 0 Å². The second kappa shape index (κ2) is 5.86. The van der Waals surface area contributed by atoms with Crippen LogP contribution in [0.25, 0.3) is 0 Å². The molecular formula is C12H16N4S. The lowest BCUT2D eigenvalue weighted by Gasteiger charge is -2.14. The molecule has 0 bridgehead atoms. The van der Waals surface area contributed by atoms with Crippen LogP contribution in [0, 0.1) is 0 Å². The van der Waals surface area contributed by atoms with Gasteiger partial charge in [-0.15, -0.1) is 0 Å². The highest BCUT2D eigenvalue weighted by Gasteiger charge is 2.15. The Balaban J connectivity index is 2.28. The zero-order valence-corrected chi connectivity index (χ0v) is 10.6. The van der Waals surface area contributed by atoms with Gasteiger partial charge in [-0.2, -0.15) is 8.75 Å². The van der Waals surface area contributed by atoms with E-state index in [1.165, 1.54) is 17.3 Å². The predicted molar refractivity (Wildman–Crippen MR) is 69.5 cm³/mol. The fraction of sp³-hybridized carbons (Fsp3) is 0.333. The molecule has 0 saturated carbocycles. The maximum atomic E-state index is 5.61. The van der Waals surface area contributed by atoms with Crippen molar-refractivity contribution in [2.24, 2.45) is 5.84 Å². The van der Waals surface area contributed by atoms with Gasteiger partial charge in [-0.1, -0.05) is 37.6 Å². The first kappa shape index (κ1) is 12.2. The van der Waals surface area contributed by atoms with Crippen LogP contribution in [0.15, 0.2) is 30.5 Å². The van der Waals surface area contributed by atoms with Crippen LogP contribution in [-0.4, -0.2) is 8.75 Å². The molecule has 4 nitrogen and oxygen atoms in total. The largest absolute Gasteiger partial charge is 0.271 e. The fourth-order valence-electron chi connectivity index (χ4n) is 1.87. The molecule has 0 saturated heterocycles. The van der Waals surface area contributed by atoms with Gasteiger partial charge < -0.3 is 0 Å².